The van der Waals surface area contributed by atoms with Crippen molar-refractivity contribution in [2.45, 2.75) is 39.7 Å². The minimum absolute atomic E-state index is 0.237. The molecule has 1 atom stereocenters. The lowest BCUT2D eigenvalue weighted by Crippen LogP contribution is -2.17. The Morgan fingerprint density at radius 2 is 1.71 bits per heavy atom. The first-order valence-corrected chi connectivity index (χ1v) is 7.67. The molecule has 0 aromatic heterocycles. The lowest BCUT2D eigenvalue weighted by molar-refractivity contribution is -0.147. The van der Waals surface area contributed by atoms with Crippen LogP contribution in [0.4, 0.5) is 13.2 Å². The molecule has 0 N–H and O–H groups in total. The number of ether oxygens (including phenoxy) is 1. The van der Waals surface area contributed by atoms with E-state index in [4.69, 9.17) is 4.74 Å². The second kappa shape index (κ2) is 9.75. The molecule has 0 amide bonds. The molecule has 2 aromatic rings. The molecule has 0 saturated carbocycles. The van der Waals surface area contributed by atoms with Gasteiger partial charge >= 0.3 is 5.97 Å². The Hall–Kier alpha value is -2.30. The van der Waals surface area contributed by atoms with Gasteiger partial charge < -0.3 is 4.74 Å². The summed E-state index contributed by atoms with van der Waals surface area (Å²) in [5.74, 6) is -1.56. The van der Waals surface area contributed by atoms with Crippen LogP contribution in [0.1, 0.15) is 31.4 Å². The molecule has 0 bridgehead atoms. The van der Waals surface area contributed by atoms with E-state index in [1.807, 2.05) is 13.0 Å². The fourth-order valence-corrected chi connectivity index (χ4v) is 1.94. The van der Waals surface area contributed by atoms with Crippen molar-refractivity contribution in [3.05, 3.63) is 71.0 Å². The molecular formula is C19H21F3O2. The second-order valence-electron chi connectivity index (χ2n) is 5.39. The van der Waals surface area contributed by atoms with Gasteiger partial charge in [0.2, 0.25) is 0 Å². The van der Waals surface area contributed by atoms with Gasteiger partial charge in [0.05, 0.1) is 0 Å². The topological polar surface area (TPSA) is 26.3 Å². The highest BCUT2D eigenvalue weighted by Gasteiger charge is 2.11. The van der Waals surface area contributed by atoms with Crippen LogP contribution in [0.2, 0.25) is 0 Å². The molecule has 2 rings (SSSR count). The monoisotopic (exact) mass is 338 g/mol. The second-order valence-corrected chi connectivity index (χ2v) is 5.39. The fraction of sp³-hybridized carbons (Fsp3) is 0.316. The van der Waals surface area contributed by atoms with Gasteiger partial charge in [-0.3, -0.25) is 4.79 Å². The third-order valence-electron chi connectivity index (χ3n) is 3.12. The SMILES string of the molecule is CCC(=O)OC(C)Cc1ccc(C)cc1F.Fc1cccc(F)c1. The van der Waals surface area contributed by atoms with Crippen LogP contribution in [0.15, 0.2) is 42.5 Å². The number of halogens is 3. The first-order chi connectivity index (χ1) is 11.3. The highest BCUT2D eigenvalue weighted by molar-refractivity contribution is 5.69. The van der Waals surface area contributed by atoms with Crippen molar-refractivity contribution >= 4 is 5.97 Å². The van der Waals surface area contributed by atoms with Crippen LogP contribution in [-0.4, -0.2) is 12.1 Å². The molecule has 0 saturated heterocycles. The van der Waals surface area contributed by atoms with Gasteiger partial charge in [0, 0.05) is 18.9 Å². The van der Waals surface area contributed by atoms with Crippen LogP contribution in [0, 0.1) is 24.4 Å². The Bertz CT molecular complexity index is 654. The standard InChI is InChI=1S/C13H17FO2.C6H4F2/c1-4-13(15)16-10(3)8-11-6-5-9(2)7-12(11)14;7-5-2-1-3-6(8)4-5/h5-7,10H,4,8H2,1-3H3;1-4H. The van der Waals surface area contributed by atoms with Crippen LogP contribution in [0.3, 0.4) is 0 Å². The number of carbonyl (C=O) groups is 1. The zero-order chi connectivity index (χ0) is 18.1. The van der Waals surface area contributed by atoms with E-state index in [0.29, 0.717) is 18.4 Å². The molecule has 1 unspecified atom stereocenters. The third-order valence-corrected chi connectivity index (χ3v) is 3.12. The normalized spacial score (nSPS) is 11.2. The Morgan fingerprint density at radius 3 is 2.17 bits per heavy atom. The summed E-state index contributed by atoms with van der Waals surface area (Å²) in [5.41, 5.74) is 1.47. The van der Waals surface area contributed by atoms with Crippen molar-refractivity contribution in [3.63, 3.8) is 0 Å². The van der Waals surface area contributed by atoms with E-state index >= 15 is 0 Å². The zero-order valence-electron chi connectivity index (χ0n) is 14.0. The van der Waals surface area contributed by atoms with Gasteiger partial charge in [0.15, 0.2) is 0 Å². The molecule has 0 aliphatic carbocycles. The van der Waals surface area contributed by atoms with Crippen molar-refractivity contribution in [1.29, 1.82) is 0 Å². The van der Waals surface area contributed by atoms with Gasteiger partial charge in [0.25, 0.3) is 0 Å². The van der Waals surface area contributed by atoms with Gasteiger partial charge in [-0.05, 0) is 43.2 Å². The van der Waals surface area contributed by atoms with Gasteiger partial charge in [0.1, 0.15) is 23.6 Å². The molecule has 24 heavy (non-hydrogen) atoms. The first-order valence-electron chi connectivity index (χ1n) is 7.67. The minimum Gasteiger partial charge on any atom is -0.462 e. The maximum absolute atomic E-state index is 13.5. The van der Waals surface area contributed by atoms with Crippen molar-refractivity contribution in [3.8, 4) is 0 Å². The predicted molar refractivity (Wildman–Crippen MR) is 87.0 cm³/mol. The predicted octanol–water partition coefficient (Wildman–Crippen LogP) is 4.98. The van der Waals surface area contributed by atoms with Gasteiger partial charge in [-0.15, -0.1) is 0 Å². The lowest BCUT2D eigenvalue weighted by Gasteiger charge is -2.13. The Balaban J connectivity index is 0.000000300. The fourth-order valence-electron chi connectivity index (χ4n) is 1.94. The highest BCUT2D eigenvalue weighted by Crippen LogP contribution is 2.13. The molecule has 130 valence electrons. The van der Waals surface area contributed by atoms with Crippen LogP contribution in [0.25, 0.3) is 0 Å². The van der Waals surface area contributed by atoms with E-state index in [9.17, 15) is 18.0 Å². The molecule has 0 radical (unpaired) electrons. The summed E-state index contributed by atoms with van der Waals surface area (Å²) < 4.78 is 42.4. The van der Waals surface area contributed by atoms with E-state index in [1.54, 1.807) is 19.9 Å². The van der Waals surface area contributed by atoms with Crippen LogP contribution in [0.5, 0.6) is 0 Å². The van der Waals surface area contributed by atoms with Gasteiger partial charge in [-0.25, -0.2) is 13.2 Å². The largest absolute Gasteiger partial charge is 0.462 e. The summed E-state index contributed by atoms with van der Waals surface area (Å²) in [6, 6.07) is 9.63. The molecule has 2 nitrogen and oxygen atoms in total. The average molecular weight is 338 g/mol. The average Bonchev–Trinajstić information content (AvgIpc) is 2.50. The van der Waals surface area contributed by atoms with Crippen LogP contribution >= 0.6 is 0 Å². The number of benzene rings is 2. The first kappa shape index (κ1) is 19.7. The highest BCUT2D eigenvalue weighted by atomic mass is 19.1. The van der Waals surface area contributed by atoms with E-state index in [0.717, 1.165) is 11.6 Å². The maximum atomic E-state index is 13.5. The molecule has 0 heterocycles. The third kappa shape index (κ3) is 7.31. The number of aryl methyl sites for hydroxylation is 1. The number of esters is 1. The molecule has 0 fully saturated rings. The molecular weight excluding hydrogens is 317 g/mol. The summed E-state index contributed by atoms with van der Waals surface area (Å²) in [6.07, 6.45) is 0.475. The van der Waals surface area contributed by atoms with Crippen LogP contribution < -0.4 is 0 Å². The number of carbonyl (C=O) groups excluding carboxylic acids is 1. The van der Waals surface area contributed by atoms with Gasteiger partial charge in [-0.2, -0.15) is 0 Å². The van der Waals surface area contributed by atoms with Crippen molar-refractivity contribution in [2.75, 3.05) is 0 Å². The Kier molecular flexibility index (Phi) is 8.02. The van der Waals surface area contributed by atoms with Gasteiger partial charge in [-0.1, -0.05) is 25.1 Å². The van der Waals surface area contributed by atoms with E-state index < -0.39 is 11.6 Å². The number of rotatable bonds is 4. The lowest BCUT2D eigenvalue weighted by atomic mass is 10.1. The summed E-state index contributed by atoms with van der Waals surface area (Å²) in [5, 5.41) is 0. The molecule has 0 spiro atoms. The zero-order valence-corrected chi connectivity index (χ0v) is 14.0. The Morgan fingerprint density at radius 1 is 1.08 bits per heavy atom. The number of hydrogen-bond donors (Lipinski definition) is 0. The smallest absolute Gasteiger partial charge is 0.305 e. The van der Waals surface area contributed by atoms with E-state index in [1.165, 1.54) is 24.3 Å². The molecule has 0 aliphatic heterocycles. The molecule has 0 aliphatic rings. The van der Waals surface area contributed by atoms with Crippen molar-refractivity contribution < 1.29 is 22.7 Å². The summed E-state index contributed by atoms with van der Waals surface area (Å²) in [6.45, 7) is 5.35. The summed E-state index contributed by atoms with van der Waals surface area (Å²) in [7, 11) is 0. The molecule has 5 heteroatoms. The molecule has 2 aromatic carbocycles. The minimum atomic E-state index is -0.537. The van der Waals surface area contributed by atoms with Crippen LogP contribution in [-0.2, 0) is 16.0 Å². The van der Waals surface area contributed by atoms with E-state index in [-0.39, 0.29) is 17.9 Å². The quantitative estimate of drug-likeness (QED) is 0.735. The number of hydrogen-bond acceptors (Lipinski definition) is 2. The Labute approximate surface area is 140 Å². The van der Waals surface area contributed by atoms with E-state index in [2.05, 4.69) is 0 Å². The summed E-state index contributed by atoms with van der Waals surface area (Å²) in [4.78, 5) is 11.0. The van der Waals surface area contributed by atoms with Crippen molar-refractivity contribution in [1.82, 2.24) is 0 Å². The maximum Gasteiger partial charge on any atom is 0.305 e. The van der Waals surface area contributed by atoms with Crippen molar-refractivity contribution in [2.24, 2.45) is 0 Å². The summed E-state index contributed by atoms with van der Waals surface area (Å²) >= 11 is 0.